The summed E-state index contributed by atoms with van der Waals surface area (Å²) >= 11 is 0. The molecule has 266 valence electrons. The molecule has 2 aliphatic rings. The van der Waals surface area contributed by atoms with Gasteiger partial charge in [-0.05, 0) is 67.7 Å². The van der Waals surface area contributed by atoms with Gasteiger partial charge in [0.05, 0.1) is 33.4 Å². The van der Waals surface area contributed by atoms with Gasteiger partial charge in [-0.1, -0.05) is 170 Å². The fraction of sp³-hybridized carbons (Fsp3) is 0.0182. The SMILES string of the molecule is c1ccc(-c2nc(-c3cc4ccc5c6ccccc6n6c7ccccc7c7cccc3c7c4c56)nc3c2-c2ccccc2C32c3ccccc3-c3ccccc32)cc1. The summed E-state index contributed by atoms with van der Waals surface area (Å²) < 4.78 is 2.50. The van der Waals surface area contributed by atoms with Gasteiger partial charge in [0.1, 0.15) is 0 Å². The molecule has 0 radical (unpaired) electrons. The van der Waals surface area contributed by atoms with Crippen LogP contribution in [0.4, 0.5) is 0 Å². The van der Waals surface area contributed by atoms with Crippen molar-refractivity contribution >= 4 is 59.6 Å². The number of rotatable bonds is 2. The molecule has 3 heteroatoms. The lowest BCUT2D eigenvalue weighted by Crippen LogP contribution is -2.27. The zero-order valence-corrected chi connectivity index (χ0v) is 31.2. The van der Waals surface area contributed by atoms with Gasteiger partial charge in [0.15, 0.2) is 5.82 Å². The maximum atomic E-state index is 5.91. The number of aromatic nitrogens is 3. The average molecular weight is 734 g/mol. The van der Waals surface area contributed by atoms with Crippen LogP contribution in [-0.4, -0.2) is 14.4 Å². The molecule has 0 bridgehead atoms. The third-order valence-corrected chi connectivity index (χ3v) is 13.3. The van der Waals surface area contributed by atoms with Crippen molar-refractivity contribution in [2.45, 2.75) is 5.41 Å². The van der Waals surface area contributed by atoms with Gasteiger partial charge in [0, 0.05) is 43.6 Å². The van der Waals surface area contributed by atoms with Crippen LogP contribution in [0.1, 0.15) is 22.4 Å². The van der Waals surface area contributed by atoms with Gasteiger partial charge >= 0.3 is 0 Å². The number of fused-ring (bicyclic) bond motifs is 16. The van der Waals surface area contributed by atoms with Gasteiger partial charge in [-0.15, -0.1) is 0 Å². The fourth-order valence-electron chi connectivity index (χ4n) is 11.1. The van der Waals surface area contributed by atoms with Crippen molar-refractivity contribution in [3.05, 3.63) is 210 Å². The maximum Gasteiger partial charge on any atom is 0.160 e. The van der Waals surface area contributed by atoms with Crippen molar-refractivity contribution in [2.75, 3.05) is 0 Å². The topological polar surface area (TPSA) is 30.2 Å². The second-order valence-corrected chi connectivity index (χ2v) is 16.0. The van der Waals surface area contributed by atoms with Gasteiger partial charge in [-0.2, -0.15) is 0 Å². The Bertz CT molecular complexity index is 3700. The number of benzene rings is 9. The summed E-state index contributed by atoms with van der Waals surface area (Å²) in [6, 6.07) is 69.1. The Labute approximate surface area is 333 Å². The smallest absolute Gasteiger partial charge is 0.160 e. The number of hydrogen-bond acceptors (Lipinski definition) is 2. The quantitative estimate of drug-likeness (QED) is 0.166. The van der Waals surface area contributed by atoms with Crippen LogP contribution in [0.5, 0.6) is 0 Å². The molecular weight excluding hydrogens is 703 g/mol. The minimum absolute atomic E-state index is 0.604. The Hall–Kier alpha value is -7.62. The van der Waals surface area contributed by atoms with E-state index in [-0.39, 0.29) is 0 Å². The molecule has 2 aliphatic carbocycles. The summed E-state index contributed by atoms with van der Waals surface area (Å²) in [5.74, 6) is 0.740. The third-order valence-electron chi connectivity index (χ3n) is 13.3. The molecule has 0 unspecified atom stereocenters. The molecule has 0 saturated heterocycles. The van der Waals surface area contributed by atoms with Crippen LogP contribution in [0.25, 0.3) is 105 Å². The van der Waals surface area contributed by atoms with E-state index in [4.69, 9.17) is 9.97 Å². The van der Waals surface area contributed by atoms with Gasteiger partial charge in [-0.25, -0.2) is 9.97 Å². The lowest BCUT2D eigenvalue weighted by molar-refractivity contribution is 0.758. The fourth-order valence-corrected chi connectivity index (χ4v) is 11.1. The molecule has 58 heavy (non-hydrogen) atoms. The molecule has 3 nitrogen and oxygen atoms in total. The third kappa shape index (κ3) is 3.57. The minimum atomic E-state index is -0.604. The molecule has 3 heterocycles. The summed E-state index contributed by atoms with van der Waals surface area (Å²) in [5.41, 5.74) is 15.8. The van der Waals surface area contributed by atoms with Crippen LogP contribution in [-0.2, 0) is 5.41 Å². The molecule has 0 atom stereocenters. The van der Waals surface area contributed by atoms with Crippen molar-refractivity contribution in [1.82, 2.24) is 14.4 Å². The highest BCUT2D eigenvalue weighted by molar-refractivity contribution is 6.34. The first kappa shape index (κ1) is 30.6. The summed E-state index contributed by atoms with van der Waals surface area (Å²) in [7, 11) is 0. The minimum Gasteiger partial charge on any atom is -0.308 e. The van der Waals surface area contributed by atoms with Crippen molar-refractivity contribution in [1.29, 1.82) is 0 Å². The first-order valence-corrected chi connectivity index (χ1v) is 20.1. The van der Waals surface area contributed by atoms with Crippen molar-refractivity contribution in [2.24, 2.45) is 0 Å². The second kappa shape index (κ2) is 10.8. The van der Waals surface area contributed by atoms with Gasteiger partial charge in [0.2, 0.25) is 0 Å². The van der Waals surface area contributed by atoms with Crippen LogP contribution in [0.3, 0.4) is 0 Å². The largest absolute Gasteiger partial charge is 0.308 e. The number of para-hydroxylation sites is 2. The van der Waals surface area contributed by atoms with Crippen LogP contribution >= 0.6 is 0 Å². The Morgan fingerprint density at radius 1 is 0.397 bits per heavy atom. The summed E-state index contributed by atoms with van der Waals surface area (Å²) in [6.45, 7) is 0. The van der Waals surface area contributed by atoms with Crippen LogP contribution in [0.2, 0.25) is 0 Å². The molecule has 12 aromatic rings. The molecule has 3 aromatic heterocycles. The van der Waals surface area contributed by atoms with Crippen molar-refractivity contribution in [3.63, 3.8) is 0 Å². The Morgan fingerprint density at radius 3 is 1.69 bits per heavy atom. The van der Waals surface area contributed by atoms with E-state index in [1.165, 1.54) is 87.6 Å². The monoisotopic (exact) mass is 733 g/mol. The van der Waals surface area contributed by atoms with E-state index >= 15 is 0 Å². The molecular formula is C55H31N3. The van der Waals surface area contributed by atoms with Crippen LogP contribution in [0.15, 0.2) is 188 Å². The molecule has 0 saturated carbocycles. The predicted molar refractivity (Wildman–Crippen MR) is 239 cm³/mol. The lowest BCUT2D eigenvalue weighted by atomic mass is 9.72. The van der Waals surface area contributed by atoms with E-state index in [9.17, 15) is 0 Å². The van der Waals surface area contributed by atoms with E-state index in [0.717, 1.165) is 39.3 Å². The Balaban J connectivity index is 1.18. The molecule has 0 N–H and O–H groups in total. The zero-order chi connectivity index (χ0) is 37.7. The molecule has 0 fully saturated rings. The van der Waals surface area contributed by atoms with Gasteiger partial charge in [-0.3, -0.25) is 0 Å². The first-order chi connectivity index (χ1) is 28.8. The number of nitrogens with zero attached hydrogens (tertiary/aromatic N) is 3. The standard InChI is InChI=1S/C55H31N3/c1-2-15-32(16-3-1)51-50-41-21-6-11-26-45(41)55(43-24-9-4-17-34(43)35-18-5-10-25-44(35)55)53(50)57-54(56-51)42-31-33-29-30-40-37-20-8-13-28-47(37)58-46-27-12-7-19-36(46)38-22-14-23-39(42)49(38)48(33)52(40)58/h1-31H. The van der Waals surface area contributed by atoms with E-state index in [1.54, 1.807) is 0 Å². The Kier molecular flexibility index (Phi) is 5.70. The Morgan fingerprint density at radius 2 is 0.966 bits per heavy atom. The highest BCUT2D eigenvalue weighted by Gasteiger charge is 2.54. The highest BCUT2D eigenvalue weighted by atomic mass is 14.9. The molecule has 14 rings (SSSR count). The molecule has 9 aromatic carbocycles. The summed E-state index contributed by atoms with van der Waals surface area (Å²) in [5, 5.41) is 9.83. The van der Waals surface area contributed by atoms with Crippen LogP contribution < -0.4 is 0 Å². The first-order valence-electron chi connectivity index (χ1n) is 20.1. The molecule has 1 spiro atoms. The van der Waals surface area contributed by atoms with E-state index < -0.39 is 5.41 Å². The highest BCUT2D eigenvalue weighted by Crippen LogP contribution is 2.63. The van der Waals surface area contributed by atoms with E-state index in [1.807, 2.05) is 0 Å². The molecule has 0 amide bonds. The van der Waals surface area contributed by atoms with Crippen molar-refractivity contribution < 1.29 is 0 Å². The van der Waals surface area contributed by atoms with E-state index in [0.29, 0.717) is 0 Å². The summed E-state index contributed by atoms with van der Waals surface area (Å²) in [6.07, 6.45) is 0. The average Bonchev–Trinajstić information content (AvgIpc) is 3.87. The normalized spacial score (nSPS) is 13.7. The van der Waals surface area contributed by atoms with Crippen LogP contribution in [0, 0.1) is 0 Å². The van der Waals surface area contributed by atoms with Crippen molar-refractivity contribution in [3.8, 4) is 44.9 Å². The second-order valence-electron chi connectivity index (χ2n) is 16.0. The lowest BCUT2D eigenvalue weighted by Gasteiger charge is -2.29. The molecule has 0 aliphatic heterocycles. The zero-order valence-electron chi connectivity index (χ0n) is 31.2. The predicted octanol–water partition coefficient (Wildman–Crippen LogP) is 13.6. The maximum absolute atomic E-state index is 5.91. The van der Waals surface area contributed by atoms with Gasteiger partial charge in [0.25, 0.3) is 0 Å². The summed E-state index contributed by atoms with van der Waals surface area (Å²) in [4.78, 5) is 11.6. The number of hydrogen-bond donors (Lipinski definition) is 0. The van der Waals surface area contributed by atoms with E-state index in [2.05, 4.69) is 192 Å². The van der Waals surface area contributed by atoms with Gasteiger partial charge < -0.3 is 4.40 Å².